The molecular formula is C22H21N3O3. The van der Waals surface area contributed by atoms with E-state index < -0.39 is 12.1 Å². The Bertz CT molecular complexity index is 887. The average molecular weight is 375 g/mol. The lowest BCUT2D eigenvalue weighted by Gasteiger charge is -2.20. The van der Waals surface area contributed by atoms with Crippen LogP contribution in [0.2, 0.25) is 0 Å². The summed E-state index contributed by atoms with van der Waals surface area (Å²) in [6.45, 7) is -0.00904. The predicted molar refractivity (Wildman–Crippen MR) is 109 cm³/mol. The van der Waals surface area contributed by atoms with Crippen molar-refractivity contribution in [3.05, 3.63) is 96.6 Å². The van der Waals surface area contributed by atoms with E-state index in [4.69, 9.17) is 4.74 Å². The molecule has 3 aromatic rings. The fourth-order valence-electron chi connectivity index (χ4n) is 2.59. The van der Waals surface area contributed by atoms with Gasteiger partial charge in [0.15, 0.2) is 0 Å². The van der Waals surface area contributed by atoms with Crippen LogP contribution in [0.5, 0.6) is 0 Å². The molecule has 0 bridgehead atoms. The van der Waals surface area contributed by atoms with Gasteiger partial charge in [0.2, 0.25) is 0 Å². The van der Waals surface area contributed by atoms with Crippen molar-refractivity contribution in [3.63, 3.8) is 0 Å². The minimum atomic E-state index is -0.586. The van der Waals surface area contributed by atoms with Crippen molar-refractivity contribution in [2.45, 2.75) is 6.04 Å². The molecule has 28 heavy (non-hydrogen) atoms. The van der Waals surface area contributed by atoms with Gasteiger partial charge in [0.05, 0.1) is 6.04 Å². The number of benzene rings is 3. The molecule has 0 aliphatic rings. The molecule has 0 aliphatic heterocycles. The highest BCUT2D eigenvalue weighted by Crippen LogP contribution is 2.15. The first-order valence-corrected chi connectivity index (χ1v) is 8.87. The van der Waals surface area contributed by atoms with Gasteiger partial charge in [0, 0.05) is 11.4 Å². The predicted octanol–water partition coefficient (Wildman–Crippen LogP) is 4.80. The number of hydrogen-bond donors (Lipinski definition) is 3. The van der Waals surface area contributed by atoms with Crippen LogP contribution in [-0.2, 0) is 4.74 Å². The lowest BCUT2D eigenvalue weighted by atomic mass is 10.1. The van der Waals surface area contributed by atoms with Crippen molar-refractivity contribution < 1.29 is 14.3 Å². The summed E-state index contributed by atoms with van der Waals surface area (Å²) in [7, 11) is 0. The zero-order valence-electron chi connectivity index (χ0n) is 15.2. The van der Waals surface area contributed by atoms with Crippen LogP contribution in [0.25, 0.3) is 0 Å². The molecule has 0 spiro atoms. The number of nitrogens with one attached hydrogen (secondary N) is 3. The Hall–Kier alpha value is -3.80. The first-order chi connectivity index (χ1) is 13.7. The van der Waals surface area contributed by atoms with Crippen molar-refractivity contribution in [2.24, 2.45) is 0 Å². The van der Waals surface area contributed by atoms with E-state index in [1.54, 1.807) is 24.3 Å². The number of urea groups is 1. The van der Waals surface area contributed by atoms with Crippen LogP contribution >= 0.6 is 0 Å². The Kier molecular flexibility index (Phi) is 6.62. The van der Waals surface area contributed by atoms with Gasteiger partial charge in [0.1, 0.15) is 6.61 Å². The van der Waals surface area contributed by atoms with Crippen LogP contribution in [0.1, 0.15) is 11.6 Å². The van der Waals surface area contributed by atoms with Gasteiger partial charge in [-0.25, -0.2) is 9.59 Å². The van der Waals surface area contributed by atoms with E-state index in [-0.39, 0.29) is 12.6 Å². The van der Waals surface area contributed by atoms with Gasteiger partial charge in [-0.05, 0) is 29.8 Å². The first kappa shape index (κ1) is 19.0. The topological polar surface area (TPSA) is 79.5 Å². The molecule has 0 saturated heterocycles. The van der Waals surface area contributed by atoms with E-state index in [1.165, 1.54) is 0 Å². The summed E-state index contributed by atoms with van der Waals surface area (Å²) < 4.78 is 5.32. The highest BCUT2D eigenvalue weighted by molar-refractivity contribution is 5.89. The van der Waals surface area contributed by atoms with Gasteiger partial charge in [-0.1, -0.05) is 66.7 Å². The molecule has 0 saturated carbocycles. The van der Waals surface area contributed by atoms with E-state index in [0.29, 0.717) is 11.4 Å². The standard InChI is InChI=1S/C22H21N3O3/c26-21(23-18-12-6-2-7-13-18)25-20(17-10-4-1-5-11-17)16-28-22(27)24-19-14-8-3-9-15-19/h1-15,20H,16H2,(H,24,27)(H2,23,25,26)/t20-/m1/s1. The molecule has 1 atom stereocenters. The highest BCUT2D eigenvalue weighted by Gasteiger charge is 2.17. The van der Waals surface area contributed by atoms with Crippen molar-refractivity contribution in [2.75, 3.05) is 17.2 Å². The summed E-state index contributed by atoms with van der Waals surface area (Å²) in [5.74, 6) is 0. The minimum absolute atomic E-state index is 0.00904. The maximum Gasteiger partial charge on any atom is 0.411 e. The number of para-hydroxylation sites is 2. The van der Waals surface area contributed by atoms with E-state index in [9.17, 15) is 9.59 Å². The highest BCUT2D eigenvalue weighted by atomic mass is 16.5. The lowest BCUT2D eigenvalue weighted by Crippen LogP contribution is -2.35. The fourth-order valence-corrected chi connectivity index (χ4v) is 2.59. The van der Waals surface area contributed by atoms with Gasteiger partial charge in [-0.2, -0.15) is 0 Å². The van der Waals surface area contributed by atoms with E-state index in [2.05, 4.69) is 16.0 Å². The molecule has 0 heterocycles. The van der Waals surface area contributed by atoms with Crippen LogP contribution in [-0.4, -0.2) is 18.7 Å². The molecule has 142 valence electrons. The summed E-state index contributed by atoms with van der Waals surface area (Å²) in [6.07, 6.45) is -0.586. The molecule has 0 aromatic heterocycles. The SMILES string of the molecule is O=C(Nc1ccccc1)N[C@H](COC(=O)Nc1ccccc1)c1ccccc1. The second-order valence-electron chi connectivity index (χ2n) is 6.02. The van der Waals surface area contributed by atoms with Gasteiger partial charge in [-0.3, -0.25) is 5.32 Å². The van der Waals surface area contributed by atoms with Crippen molar-refractivity contribution in [3.8, 4) is 0 Å². The fraction of sp³-hybridized carbons (Fsp3) is 0.0909. The van der Waals surface area contributed by atoms with E-state index in [0.717, 1.165) is 5.56 Å². The quantitative estimate of drug-likeness (QED) is 0.579. The molecule has 3 amide bonds. The van der Waals surface area contributed by atoms with Crippen molar-refractivity contribution in [1.82, 2.24) is 5.32 Å². The molecule has 0 unspecified atom stereocenters. The second-order valence-corrected chi connectivity index (χ2v) is 6.02. The average Bonchev–Trinajstić information content (AvgIpc) is 2.73. The van der Waals surface area contributed by atoms with Gasteiger partial charge < -0.3 is 15.4 Å². The van der Waals surface area contributed by atoms with Gasteiger partial charge in [-0.15, -0.1) is 0 Å². The summed E-state index contributed by atoms with van der Waals surface area (Å²) >= 11 is 0. The third-order valence-corrected chi connectivity index (χ3v) is 3.94. The summed E-state index contributed by atoms with van der Waals surface area (Å²) in [5, 5.41) is 8.26. The van der Waals surface area contributed by atoms with Crippen LogP contribution in [0.3, 0.4) is 0 Å². The third-order valence-electron chi connectivity index (χ3n) is 3.94. The molecule has 6 nitrogen and oxygen atoms in total. The number of anilines is 2. The van der Waals surface area contributed by atoms with Crippen molar-refractivity contribution >= 4 is 23.5 Å². The summed E-state index contributed by atoms with van der Waals surface area (Å²) in [6, 6.07) is 26.6. The van der Waals surface area contributed by atoms with Crippen LogP contribution in [0, 0.1) is 0 Å². The monoisotopic (exact) mass is 375 g/mol. The molecule has 3 rings (SSSR count). The maximum absolute atomic E-state index is 12.4. The van der Waals surface area contributed by atoms with E-state index >= 15 is 0 Å². The van der Waals surface area contributed by atoms with Crippen LogP contribution in [0.15, 0.2) is 91.0 Å². The number of ether oxygens (including phenoxy) is 1. The maximum atomic E-state index is 12.4. The number of carbonyl (C=O) groups is 2. The van der Waals surface area contributed by atoms with Crippen molar-refractivity contribution in [1.29, 1.82) is 0 Å². The first-order valence-electron chi connectivity index (χ1n) is 8.87. The number of hydrogen-bond acceptors (Lipinski definition) is 3. The molecule has 3 aromatic carbocycles. The molecule has 0 fully saturated rings. The zero-order valence-corrected chi connectivity index (χ0v) is 15.2. The largest absolute Gasteiger partial charge is 0.447 e. The molecule has 6 heteroatoms. The second kappa shape index (κ2) is 9.78. The van der Waals surface area contributed by atoms with Gasteiger partial charge in [0.25, 0.3) is 0 Å². The van der Waals surface area contributed by atoms with Gasteiger partial charge >= 0.3 is 12.1 Å². The minimum Gasteiger partial charge on any atom is -0.447 e. The molecule has 0 radical (unpaired) electrons. The lowest BCUT2D eigenvalue weighted by molar-refractivity contribution is 0.149. The molecule has 0 aliphatic carbocycles. The van der Waals surface area contributed by atoms with Crippen LogP contribution in [0.4, 0.5) is 21.0 Å². The smallest absolute Gasteiger partial charge is 0.411 e. The Balaban J connectivity index is 1.61. The summed E-state index contributed by atoms with van der Waals surface area (Å²) in [4.78, 5) is 24.4. The normalized spacial score (nSPS) is 11.1. The Morgan fingerprint density at radius 1 is 0.714 bits per heavy atom. The van der Waals surface area contributed by atoms with E-state index in [1.807, 2.05) is 66.7 Å². The summed E-state index contributed by atoms with van der Waals surface area (Å²) in [5.41, 5.74) is 2.14. The number of amides is 3. The number of carbonyl (C=O) groups excluding carboxylic acids is 2. The third kappa shape index (κ3) is 5.88. The Morgan fingerprint density at radius 2 is 1.21 bits per heavy atom. The molecule has 3 N–H and O–H groups in total. The Morgan fingerprint density at radius 3 is 1.79 bits per heavy atom. The Labute approximate surface area is 163 Å². The number of rotatable bonds is 6. The molecular weight excluding hydrogens is 354 g/mol. The zero-order chi connectivity index (χ0) is 19.6. The van der Waals surface area contributed by atoms with Crippen LogP contribution < -0.4 is 16.0 Å².